The predicted molar refractivity (Wildman–Crippen MR) is 79.2 cm³/mol. The van der Waals surface area contributed by atoms with Gasteiger partial charge >= 0.3 is 0 Å². The Morgan fingerprint density at radius 2 is 2.11 bits per heavy atom. The minimum Gasteiger partial charge on any atom is -0.313 e. The van der Waals surface area contributed by atoms with E-state index in [0.717, 1.165) is 13.1 Å². The molecule has 2 fully saturated rings. The van der Waals surface area contributed by atoms with Gasteiger partial charge in [0, 0.05) is 38.3 Å². The highest BCUT2D eigenvalue weighted by Crippen LogP contribution is 2.14. The molecule has 2 heterocycles. The van der Waals surface area contributed by atoms with Crippen LogP contribution in [0.2, 0.25) is 0 Å². The van der Waals surface area contributed by atoms with Gasteiger partial charge in [-0.1, -0.05) is 30.3 Å². The zero-order chi connectivity index (χ0) is 12.9. The van der Waals surface area contributed by atoms with Crippen LogP contribution in [0.1, 0.15) is 24.8 Å². The number of likely N-dealkylation sites (tertiary alicyclic amines) is 1. The Morgan fingerprint density at radius 1 is 1.21 bits per heavy atom. The lowest BCUT2D eigenvalue weighted by molar-refractivity contribution is 0.318. The van der Waals surface area contributed by atoms with E-state index in [1.54, 1.807) is 0 Å². The molecule has 104 valence electrons. The summed E-state index contributed by atoms with van der Waals surface area (Å²) < 4.78 is 0. The van der Waals surface area contributed by atoms with Gasteiger partial charge in [-0.3, -0.25) is 4.90 Å². The van der Waals surface area contributed by atoms with Gasteiger partial charge in [0.15, 0.2) is 0 Å². The summed E-state index contributed by atoms with van der Waals surface area (Å²) in [6, 6.07) is 12.2. The van der Waals surface area contributed by atoms with Gasteiger partial charge in [0.1, 0.15) is 0 Å². The fraction of sp³-hybridized carbons (Fsp3) is 0.625. The van der Waals surface area contributed by atoms with Gasteiger partial charge in [0.2, 0.25) is 0 Å². The zero-order valence-electron chi connectivity index (χ0n) is 11.6. The summed E-state index contributed by atoms with van der Waals surface area (Å²) in [6.07, 6.45) is 3.98. The molecule has 2 atom stereocenters. The maximum Gasteiger partial charge on any atom is 0.0234 e. The van der Waals surface area contributed by atoms with Crippen LogP contribution in [-0.2, 0) is 6.54 Å². The lowest BCUT2D eigenvalue weighted by atomic mass is 10.2. The van der Waals surface area contributed by atoms with Crippen LogP contribution in [0.4, 0.5) is 0 Å². The minimum absolute atomic E-state index is 0.686. The molecule has 2 aliphatic rings. The molecule has 0 aromatic heterocycles. The molecule has 0 spiro atoms. The first-order valence-electron chi connectivity index (χ1n) is 7.63. The van der Waals surface area contributed by atoms with Crippen molar-refractivity contribution < 1.29 is 0 Å². The monoisotopic (exact) mass is 259 g/mol. The van der Waals surface area contributed by atoms with Crippen molar-refractivity contribution >= 4 is 0 Å². The summed E-state index contributed by atoms with van der Waals surface area (Å²) in [5.74, 6) is 0. The predicted octanol–water partition coefficient (Wildman–Crippen LogP) is 1.60. The molecule has 3 heteroatoms. The van der Waals surface area contributed by atoms with Crippen molar-refractivity contribution in [1.82, 2.24) is 15.5 Å². The normalized spacial score (nSPS) is 28.0. The van der Waals surface area contributed by atoms with Crippen molar-refractivity contribution in [3.8, 4) is 0 Å². The Morgan fingerprint density at radius 3 is 2.89 bits per heavy atom. The lowest BCUT2D eigenvalue weighted by Gasteiger charge is -2.18. The third-order valence-corrected chi connectivity index (χ3v) is 4.34. The zero-order valence-corrected chi connectivity index (χ0v) is 11.6. The Kier molecular flexibility index (Phi) is 4.49. The second-order valence-electron chi connectivity index (χ2n) is 5.91. The van der Waals surface area contributed by atoms with Gasteiger partial charge in [0.05, 0.1) is 0 Å². The molecule has 2 aliphatic heterocycles. The van der Waals surface area contributed by atoms with Gasteiger partial charge in [-0.25, -0.2) is 0 Å². The quantitative estimate of drug-likeness (QED) is 0.841. The second-order valence-corrected chi connectivity index (χ2v) is 5.91. The first-order chi connectivity index (χ1) is 9.40. The summed E-state index contributed by atoms with van der Waals surface area (Å²) in [7, 11) is 0. The summed E-state index contributed by atoms with van der Waals surface area (Å²) in [4.78, 5) is 2.56. The number of nitrogens with one attached hydrogen (secondary N) is 2. The molecule has 2 N–H and O–H groups in total. The molecular weight excluding hydrogens is 234 g/mol. The number of hydrogen-bond acceptors (Lipinski definition) is 3. The number of nitrogens with zero attached hydrogens (tertiary/aromatic N) is 1. The fourth-order valence-electron chi connectivity index (χ4n) is 3.22. The van der Waals surface area contributed by atoms with E-state index in [0.29, 0.717) is 12.1 Å². The van der Waals surface area contributed by atoms with Crippen molar-refractivity contribution in [1.29, 1.82) is 0 Å². The third kappa shape index (κ3) is 3.78. The average Bonchev–Trinajstić information content (AvgIpc) is 3.09. The molecule has 0 radical (unpaired) electrons. The Bertz CT molecular complexity index is 373. The Hall–Kier alpha value is -0.900. The summed E-state index contributed by atoms with van der Waals surface area (Å²) in [5, 5.41) is 7.29. The van der Waals surface area contributed by atoms with Gasteiger partial charge < -0.3 is 10.6 Å². The van der Waals surface area contributed by atoms with Crippen LogP contribution >= 0.6 is 0 Å². The molecule has 3 nitrogen and oxygen atoms in total. The van der Waals surface area contributed by atoms with E-state index >= 15 is 0 Å². The van der Waals surface area contributed by atoms with E-state index in [2.05, 4.69) is 45.9 Å². The van der Waals surface area contributed by atoms with Crippen molar-refractivity contribution in [3.63, 3.8) is 0 Å². The summed E-state index contributed by atoms with van der Waals surface area (Å²) >= 11 is 0. The first-order valence-corrected chi connectivity index (χ1v) is 7.63. The minimum atomic E-state index is 0.686. The molecule has 1 aromatic carbocycles. The number of rotatable bonds is 5. The Labute approximate surface area is 116 Å². The molecule has 19 heavy (non-hydrogen) atoms. The molecule has 0 bridgehead atoms. The highest BCUT2D eigenvalue weighted by atomic mass is 15.2. The van der Waals surface area contributed by atoms with Crippen molar-refractivity contribution in [2.75, 3.05) is 26.2 Å². The van der Waals surface area contributed by atoms with Crippen LogP contribution in [0.15, 0.2) is 30.3 Å². The van der Waals surface area contributed by atoms with Crippen LogP contribution in [0.3, 0.4) is 0 Å². The van der Waals surface area contributed by atoms with Crippen LogP contribution in [0.5, 0.6) is 0 Å². The highest BCUT2D eigenvalue weighted by Gasteiger charge is 2.23. The topological polar surface area (TPSA) is 27.3 Å². The van der Waals surface area contributed by atoms with Crippen molar-refractivity contribution in [3.05, 3.63) is 35.9 Å². The fourth-order valence-corrected chi connectivity index (χ4v) is 3.22. The van der Waals surface area contributed by atoms with E-state index in [1.165, 1.54) is 44.5 Å². The first kappa shape index (κ1) is 13.1. The van der Waals surface area contributed by atoms with Crippen LogP contribution in [0.25, 0.3) is 0 Å². The molecule has 0 saturated carbocycles. The lowest BCUT2D eigenvalue weighted by Crippen LogP contribution is -2.40. The summed E-state index contributed by atoms with van der Waals surface area (Å²) in [6.45, 7) is 5.87. The maximum absolute atomic E-state index is 3.74. The molecule has 3 rings (SSSR count). The van der Waals surface area contributed by atoms with E-state index in [9.17, 15) is 0 Å². The van der Waals surface area contributed by atoms with Crippen molar-refractivity contribution in [2.24, 2.45) is 0 Å². The smallest absolute Gasteiger partial charge is 0.0234 e. The van der Waals surface area contributed by atoms with Crippen LogP contribution in [-0.4, -0.2) is 43.2 Å². The maximum atomic E-state index is 3.74. The Balaban J connectivity index is 1.40. The standard InChI is InChI=1S/C16H25N3/c1-2-5-14(6-3-1)12-19-10-8-16(13-19)18-11-15-7-4-9-17-15/h1-3,5-6,15-18H,4,7-13H2. The molecule has 2 unspecified atom stereocenters. The van der Waals surface area contributed by atoms with Gasteiger partial charge in [0.25, 0.3) is 0 Å². The number of benzene rings is 1. The van der Waals surface area contributed by atoms with E-state index in [1.807, 2.05) is 0 Å². The average molecular weight is 259 g/mol. The second kappa shape index (κ2) is 6.51. The van der Waals surface area contributed by atoms with E-state index in [4.69, 9.17) is 0 Å². The molecule has 1 aromatic rings. The van der Waals surface area contributed by atoms with Crippen molar-refractivity contribution in [2.45, 2.75) is 37.9 Å². The van der Waals surface area contributed by atoms with E-state index in [-0.39, 0.29) is 0 Å². The summed E-state index contributed by atoms with van der Waals surface area (Å²) in [5.41, 5.74) is 1.43. The SMILES string of the molecule is c1ccc(CN2CCC(NCC3CCCN3)C2)cc1. The van der Waals surface area contributed by atoms with Crippen LogP contribution < -0.4 is 10.6 Å². The molecule has 0 aliphatic carbocycles. The van der Waals surface area contributed by atoms with Crippen LogP contribution in [0, 0.1) is 0 Å². The van der Waals surface area contributed by atoms with E-state index < -0.39 is 0 Å². The highest BCUT2D eigenvalue weighted by molar-refractivity contribution is 5.14. The molecule has 2 saturated heterocycles. The third-order valence-electron chi connectivity index (χ3n) is 4.34. The number of hydrogen-bond donors (Lipinski definition) is 2. The van der Waals surface area contributed by atoms with Gasteiger partial charge in [-0.05, 0) is 31.4 Å². The van der Waals surface area contributed by atoms with Gasteiger partial charge in [-0.2, -0.15) is 0 Å². The largest absolute Gasteiger partial charge is 0.313 e. The molecular formula is C16H25N3. The molecule has 0 amide bonds. The van der Waals surface area contributed by atoms with Gasteiger partial charge in [-0.15, -0.1) is 0 Å².